The molecule has 1 aromatic rings. The average Bonchev–Trinajstić information content (AvgIpc) is 2.38. The first-order valence-electron chi connectivity index (χ1n) is 5.74. The van der Waals surface area contributed by atoms with E-state index in [1.54, 1.807) is 12.1 Å². The Morgan fingerprint density at radius 2 is 1.53 bits per heavy atom. The van der Waals surface area contributed by atoms with Gasteiger partial charge in [-0.25, -0.2) is 4.39 Å². The molecule has 7 heteroatoms. The van der Waals surface area contributed by atoms with Crippen molar-refractivity contribution >= 4 is 11.6 Å². The predicted octanol–water partition coefficient (Wildman–Crippen LogP) is 2.04. The highest BCUT2D eigenvalue weighted by molar-refractivity contribution is 5.82. The van der Waals surface area contributed by atoms with Gasteiger partial charge >= 0.3 is 12.1 Å². The summed E-state index contributed by atoms with van der Waals surface area (Å²) >= 11 is 0. The van der Waals surface area contributed by atoms with Crippen LogP contribution in [0.15, 0.2) is 24.3 Å². The Hall–Kier alpha value is -1.79. The zero-order valence-corrected chi connectivity index (χ0v) is 9.95. The highest BCUT2D eigenvalue weighted by Gasteiger charge is 2.43. The van der Waals surface area contributed by atoms with Crippen molar-refractivity contribution in [3.05, 3.63) is 30.1 Å². The van der Waals surface area contributed by atoms with E-state index in [0.29, 0.717) is 13.1 Å². The molecule has 19 heavy (non-hydrogen) atoms. The predicted molar refractivity (Wildman–Crippen MR) is 61.2 cm³/mol. The fourth-order valence-corrected chi connectivity index (χ4v) is 2.00. The molecule has 1 saturated heterocycles. The van der Waals surface area contributed by atoms with Crippen LogP contribution in [-0.2, 0) is 4.79 Å². The van der Waals surface area contributed by atoms with Gasteiger partial charge in [0, 0.05) is 31.9 Å². The smallest absolute Gasteiger partial charge is 0.368 e. The molecule has 1 fully saturated rings. The Labute approximate surface area is 107 Å². The van der Waals surface area contributed by atoms with Crippen LogP contribution >= 0.6 is 0 Å². The topological polar surface area (TPSA) is 23.6 Å². The van der Waals surface area contributed by atoms with Gasteiger partial charge in [-0.15, -0.1) is 0 Å². The lowest BCUT2D eigenvalue weighted by Gasteiger charge is -2.36. The van der Waals surface area contributed by atoms with Crippen LogP contribution in [0.25, 0.3) is 0 Å². The van der Waals surface area contributed by atoms with Crippen molar-refractivity contribution in [1.29, 1.82) is 0 Å². The third kappa shape index (κ3) is 3.15. The SMILES string of the molecule is O=C(N1CCN(c2ccc(F)cc2)CC1)C(F)(F)F. The van der Waals surface area contributed by atoms with E-state index in [-0.39, 0.29) is 18.9 Å². The van der Waals surface area contributed by atoms with Crippen molar-refractivity contribution in [2.24, 2.45) is 0 Å². The molecule has 0 aliphatic carbocycles. The van der Waals surface area contributed by atoms with Crippen molar-refractivity contribution in [3.8, 4) is 0 Å². The number of amides is 1. The first-order chi connectivity index (χ1) is 8.88. The number of anilines is 1. The molecule has 104 valence electrons. The van der Waals surface area contributed by atoms with E-state index >= 15 is 0 Å². The molecule has 2 rings (SSSR count). The zero-order valence-electron chi connectivity index (χ0n) is 9.95. The molecule has 1 amide bonds. The van der Waals surface area contributed by atoms with Crippen LogP contribution in [0.1, 0.15) is 0 Å². The number of rotatable bonds is 1. The van der Waals surface area contributed by atoms with E-state index in [0.717, 1.165) is 10.6 Å². The van der Waals surface area contributed by atoms with E-state index in [4.69, 9.17) is 0 Å². The highest BCUT2D eigenvalue weighted by atomic mass is 19.4. The standard InChI is InChI=1S/C12H12F4N2O/c13-9-1-3-10(4-2-9)17-5-7-18(8-6-17)11(19)12(14,15)16/h1-4H,5-8H2. The van der Waals surface area contributed by atoms with Crippen molar-refractivity contribution in [1.82, 2.24) is 4.90 Å². The molecule has 0 atom stereocenters. The molecular weight excluding hydrogens is 264 g/mol. The number of hydrogen-bond acceptors (Lipinski definition) is 2. The van der Waals surface area contributed by atoms with Crippen molar-refractivity contribution < 1.29 is 22.4 Å². The molecule has 0 N–H and O–H groups in total. The van der Waals surface area contributed by atoms with Crippen molar-refractivity contribution in [2.45, 2.75) is 6.18 Å². The Kier molecular flexibility index (Phi) is 3.64. The molecule has 0 aromatic heterocycles. The van der Waals surface area contributed by atoms with Gasteiger partial charge in [0.25, 0.3) is 0 Å². The van der Waals surface area contributed by atoms with E-state index in [9.17, 15) is 22.4 Å². The van der Waals surface area contributed by atoms with Crippen LogP contribution in [-0.4, -0.2) is 43.2 Å². The normalized spacial score (nSPS) is 16.6. The van der Waals surface area contributed by atoms with Crippen LogP contribution in [0.4, 0.5) is 23.2 Å². The maximum absolute atomic E-state index is 12.8. The third-order valence-corrected chi connectivity index (χ3v) is 3.00. The van der Waals surface area contributed by atoms with Gasteiger partial charge in [0.2, 0.25) is 0 Å². The molecule has 3 nitrogen and oxygen atoms in total. The summed E-state index contributed by atoms with van der Waals surface area (Å²) in [6.07, 6.45) is -4.82. The Balaban J connectivity index is 1.96. The van der Waals surface area contributed by atoms with Crippen LogP contribution < -0.4 is 4.90 Å². The second-order valence-electron chi connectivity index (χ2n) is 4.25. The summed E-state index contributed by atoms with van der Waals surface area (Å²) in [5.41, 5.74) is 0.737. The van der Waals surface area contributed by atoms with Crippen molar-refractivity contribution in [3.63, 3.8) is 0 Å². The number of hydrogen-bond donors (Lipinski definition) is 0. The summed E-state index contributed by atoms with van der Waals surface area (Å²) in [5, 5.41) is 0. The lowest BCUT2D eigenvalue weighted by atomic mass is 10.2. The van der Waals surface area contributed by atoms with E-state index < -0.39 is 12.1 Å². The summed E-state index contributed by atoms with van der Waals surface area (Å²) in [5.74, 6) is -2.17. The summed E-state index contributed by atoms with van der Waals surface area (Å²) < 4.78 is 49.5. The molecule has 1 heterocycles. The second-order valence-corrected chi connectivity index (χ2v) is 4.25. The molecule has 0 unspecified atom stereocenters. The van der Waals surface area contributed by atoms with Crippen molar-refractivity contribution in [2.75, 3.05) is 31.1 Å². The fourth-order valence-electron chi connectivity index (χ4n) is 2.00. The van der Waals surface area contributed by atoms with E-state index in [1.165, 1.54) is 12.1 Å². The third-order valence-electron chi connectivity index (χ3n) is 3.00. The summed E-state index contributed by atoms with van der Waals surface area (Å²) in [6.45, 7) is 0.617. The Morgan fingerprint density at radius 3 is 2.00 bits per heavy atom. The molecule has 0 spiro atoms. The summed E-state index contributed by atoms with van der Waals surface area (Å²) in [7, 11) is 0. The highest BCUT2D eigenvalue weighted by Crippen LogP contribution is 2.21. The molecule has 0 radical (unpaired) electrons. The van der Waals surface area contributed by atoms with Gasteiger partial charge in [-0.2, -0.15) is 13.2 Å². The molecule has 1 aromatic carbocycles. The molecule has 0 bridgehead atoms. The summed E-state index contributed by atoms with van der Waals surface area (Å²) in [4.78, 5) is 13.7. The van der Waals surface area contributed by atoms with Gasteiger partial charge in [-0.1, -0.05) is 0 Å². The van der Waals surface area contributed by atoms with Gasteiger partial charge in [0.05, 0.1) is 0 Å². The van der Waals surface area contributed by atoms with Gasteiger partial charge < -0.3 is 9.80 Å². The number of carbonyl (C=O) groups excluding carboxylic acids is 1. The van der Waals surface area contributed by atoms with Gasteiger partial charge in [0.1, 0.15) is 5.82 Å². The van der Waals surface area contributed by atoms with Crippen LogP contribution in [0, 0.1) is 5.82 Å². The molecule has 1 aliphatic heterocycles. The molecule has 1 aliphatic rings. The Morgan fingerprint density at radius 1 is 1.00 bits per heavy atom. The monoisotopic (exact) mass is 276 g/mol. The second kappa shape index (κ2) is 5.07. The minimum absolute atomic E-state index is 0.00964. The average molecular weight is 276 g/mol. The quantitative estimate of drug-likeness (QED) is 0.733. The first-order valence-corrected chi connectivity index (χ1v) is 5.74. The molecular formula is C12H12F4N2O. The van der Waals surface area contributed by atoms with Gasteiger partial charge in [-0.3, -0.25) is 4.79 Å². The van der Waals surface area contributed by atoms with Crippen LogP contribution in [0.2, 0.25) is 0 Å². The number of piperazine rings is 1. The number of carbonyl (C=O) groups is 1. The van der Waals surface area contributed by atoms with Gasteiger partial charge in [-0.05, 0) is 24.3 Å². The minimum atomic E-state index is -4.82. The Bertz CT molecular complexity index is 450. The lowest BCUT2D eigenvalue weighted by molar-refractivity contribution is -0.185. The minimum Gasteiger partial charge on any atom is -0.368 e. The van der Waals surface area contributed by atoms with Crippen LogP contribution in [0.5, 0.6) is 0 Å². The maximum atomic E-state index is 12.8. The molecule has 0 saturated carbocycles. The number of benzene rings is 1. The van der Waals surface area contributed by atoms with Gasteiger partial charge in [0.15, 0.2) is 0 Å². The van der Waals surface area contributed by atoms with E-state index in [1.807, 2.05) is 4.90 Å². The fraction of sp³-hybridized carbons (Fsp3) is 0.417. The maximum Gasteiger partial charge on any atom is 0.471 e. The van der Waals surface area contributed by atoms with E-state index in [2.05, 4.69) is 0 Å². The zero-order chi connectivity index (χ0) is 14.0. The lowest BCUT2D eigenvalue weighted by Crippen LogP contribution is -2.52. The first kappa shape index (κ1) is 13.6. The number of alkyl halides is 3. The number of nitrogens with zero attached hydrogens (tertiary/aromatic N) is 2. The summed E-state index contributed by atoms with van der Waals surface area (Å²) in [6, 6.07) is 5.72. The number of halogens is 4. The largest absolute Gasteiger partial charge is 0.471 e. The van der Waals surface area contributed by atoms with Crippen LogP contribution in [0.3, 0.4) is 0 Å².